The second-order valence-corrected chi connectivity index (χ2v) is 5.95. The van der Waals surface area contributed by atoms with E-state index < -0.39 is 5.56 Å². The van der Waals surface area contributed by atoms with Crippen LogP contribution in [0.15, 0.2) is 53.7 Å². The number of rotatable bonds is 6. The van der Waals surface area contributed by atoms with E-state index in [1.165, 1.54) is 10.9 Å². The molecule has 1 aromatic carbocycles. The number of ether oxygens (including phenoxy) is 1. The number of benzene rings is 1. The molecule has 0 aliphatic rings. The van der Waals surface area contributed by atoms with Gasteiger partial charge in [-0.3, -0.25) is 14.3 Å². The molecule has 6 heteroatoms. The van der Waals surface area contributed by atoms with E-state index in [1.54, 1.807) is 6.20 Å². The van der Waals surface area contributed by atoms with Gasteiger partial charge in [-0.05, 0) is 31.0 Å². The van der Waals surface area contributed by atoms with Gasteiger partial charge in [0.25, 0.3) is 5.56 Å². The van der Waals surface area contributed by atoms with E-state index in [1.807, 2.05) is 50.2 Å². The number of aromatic hydroxyl groups is 1. The number of hydrogen-bond acceptors (Lipinski definition) is 5. The molecule has 0 atom stereocenters. The highest BCUT2D eigenvalue weighted by molar-refractivity contribution is 5.65. The SMILES string of the molecule is CCOCn1cnc(=O)c(Cc2ccc(-c3cccnc3C)cc2)c1O. The van der Waals surface area contributed by atoms with Gasteiger partial charge in [0.2, 0.25) is 5.88 Å². The molecule has 134 valence electrons. The fourth-order valence-corrected chi connectivity index (χ4v) is 2.76. The lowest BCUT2D eigenvalue weighted by atomic mass is 10.0. The van der Waals surface area contributed by atoms with Crippen molar-refractivity contribution in [2.75, 3.05) is 6.61 Å². The lowest BCUT2D eigenvalue weighted by molar-refractivity contribution is 0.0804. The summed E-state index contributed by atoms with van der Waals surface area (Å²) in [6.07, 6.45) is 3.37. The van der Waals surface area contributed by atoms with E-state index in [-0.39, 0.29) is 18.2 Å². The Kier molecular flexibility index (Phi) is 5.43. The monoisotopic (exact) mass is 351 g/mol. The van der Waals surface area contributed by atoms with Crippen LogP contribution in [0.2, 0.25) is 0 Å². The van der Waals surface area contributed by atoms with Gasteiger partial charge in [0.1, 0.15) is 13.1 Å². The van der Waals surface area contributed by atoms with Crippen LogP contribution in [0.4, 0.5) is 0 Å². The van der Waals surface area contributed by atoms with E-state index in [4.69, 9.17) is 4.74 Å². The fraction of sp³-hybridized carbons (Fsp3) is 0.250. The zero-order valence-corrected chi connectivity index (χ0v) is 14.8. The van der Waals surface area contributed by atoms with Crippen molar-refractivity contribution in [2.24, 2.45) is 0 Å². The average Bonchev–Trinajstić information content (AvgIpc) is 2.65. The Morgan fingerprint density at radius 1 is 1.15 bits per heavy atom. The highest BCUT2D eigenvalue weighted by Crippen LogP contribution is 2.23. The summed E-state index contributed by atoms with van der Waals surface area (Å²) < 4.78 is 6.70. The molecule has 0 amide bonds. The Morgan fingerprint density at radius 2 is 1.92 bits per heavy atom. The van der Waals surface area contributed by atoms with Crippen LogP contribution < -0.4 is 5.56 Å². The summed E-state index contributed by atoms with van der Waals surface area (Å²) in [5.41, 5.74) is 3.84. The first kappa shape index (κ1) is 17.8. The van der Waals surface area contributed by atoms with Crippen molar-refractivity contribution in [3.05, 3.63) is 76.1 Å². The van der Waals surface area contributed by atoms with Gasteiger partial charge in [-0.25, -0.2) is 0 Å². The summed E-state index contributed by atoms with van der Waals surface area (Å²) >= 11 is 0. The molecular formula is C20H21N3O3. The molecule has 0 bridgehead atoms. The van der Waals surface area contributed by atoms with Gasteiger partial charge in [0.15, 0.2) is 0 Å². The molecule has 0 unspecified atom stereocenters. The minimum Gasteiger partial charge on any atom is -0.494 e. The zero-order chi connectivity index (χ0) is 18.5. The first-order chi connectivity index (χ1) is 12.6. The van der Waals surface area contributed by atoms with E-state index in [0.29, 0.717) is 13.0 Å². The maximum Gasteiger partial charge on any atom is 0.280 e. The van der Waals surface area contributed by atoms with E-state index >= 15 is 0 Å². The third kappa shape index (κ3) is 3.81. The summed E-state index contributed by atoms with van der Waals surface area (Å²) in [7, 11) is 0. The average molecular weight is 351 g/mol. The molecule has 0 fully saturated rings. The summed E-state index contributed by atoms with van der Waals surface area (Å²) in [6.45, 7) is 4.50. The molecule has 6 nitrogen and oxygen atoms in total. The summed E-state index contributed by atoms with van der Waals surface area (Å²) in [5, 5.41) is 10.4. The van der Waals surface area contributed by atoms with Crippen LogP contribution >= 0.6 is 0 Å². The third-order valence-corrected chi connectivity index (χ3v) is 4.20. The number of aryl methyl sites for hydroxylation is 1. The van der Waals surface area contributed by atoms with Crippen molar-refractivity contribution in [1.29, 1.82) is 0 Å². The summed E-state index contributed by atoms with van der Waals surface area (Å²) in [5.74, 6) is -0.106. The maximum absolute atomic E-state index is 12.1. The lowest BCUT2D eigenvalue weighted by Gasteiger charge is -2.12. The van der Waals surface area contributed by atoms with Crippen LogP contribution in [0.1, 0.15) is 23.7 Å². The van der Waals surface area contributed by atoms with Crippen LogP contribution in [-0.2, 0) is 17.9 Å². The van der Waals surface area contributed by atoms with Crippen molar-refractivity contribution in [3.8, 4) is 17.0 Å². The van der Waals surface area contributed by atoms with Crippen molar-refractivity contribution in [1.82, 2.24) is 14.5 Å². The molecule has 0 aliphatic heterocycles. The smallest absolute Gasteiger partial charge is 0.280 e. The molecule has 3 rings (SSSR count). The van der Waals surface area contributed by atoms with Crippen LogP contribution in [0.5, 0.6) is 5.88 Å². The Hall–Kier alpha value is -2.99. The first-order valence-electron chi connectivity index (χ1n) is 8.46. The zero-order valence-electron chi connectivity index (χ0n) is 14.8. The van der Waals surface area contributed by atoms with Crippen molar-refractivity contribution < 1.29 is 9.84 Å². The van der Waals surface area contributed by atoms with E-state index in [9.17, 15) is 9.90 Å². The Balaban J connectivity index is 1.86. The predicted octanol–water partition coefficient (Wildman–Crippen LogP) is 2.90. The van der Waals surface area contributed by atoms with Gasteiger partial charge in [0, 0.05) is 30.5 Å². The van der Waals surface area contributed by atoms with E-state index in [2.05, 4.69) is 9.97 Å². The molecule has 1 N–H and O–H groups in total. The predicted molar refractivity (Wildman–Crippen MR) is 99.0 cm³/mol. The van der Waals surface area contributed by atoms with Crippen LogP contribution in [0.3, 0.4) is 0 Å². The first-order valence-corrected chi connectivity index (χ1v) is 8.46. The number of hydrogen-bond donors (Lipinski definition) is 1. The van der Waals surface area contributed by atoms with Crippen molar-refractivity contribution in [2.45, 2.75) is 27.0 Å². The van der Waals surface area contributed by atoms with E-state index in [0.717, 1.165) is 22.4 Å². The fourth-order valence-electron chi connectivity index (χ4n) is 2.76. The largest absolute Gasteiger partial charge is 0.494 e. The third-order valence-electron chi connectivity index (χ3n) is 4.20. The molecule has 2 aromatic heterocycles. The minimum absolute atomic E-state index is 0.106. The topological polar surface area (TPSA) is 77.2 Å². The standard InChI is InChI=1S/C20H21N3O3/c1-3-26-13-23-12-22-19(24)18(20(23)25)11-15-6-8-16(9-7-15)17-5-4-10-21-14(17)2/h4-10,12,25H,3,11,13H2,1-2H3. The van der Waals surface area contributed by atoms with Crippen molar-refractivity contribution in [3.63, 3.8) is 0 Å². The second-order valence-electron chi connectivity index (χ2n) is 5.95. The highest BCUT2D eigenvalue weighted by Gasteiger charge is 2.12. The highest BCUT2D eigenvalue weighted by atomic mass is 16.5. The van der Waals surface area contributed by atoms with Crippen LogP contribution in [0.25, 0.3) is 11.1 Å². The number of nitrogens with zero attached hydrogens (tertiary/aromatic N) is 3. The maximum atomic E-state index is 12.1. The molecule has 0 radical (unpaired) electrons. The Bertz CT molecular complexity index is 949. The molecule has 0 spiro atoms. The number of pyridine rings is 1. The molecule has 2 heterocycles. The Labute approximate surface area is 151 Å². The minimum atomic E-state index is -0.428. The quantitative estimate of drug-likeness (QED) is 0.739. The molecule has 26 heavy (non-hydrogen) atoms. The molecule has 0 saturated heterocycles. The summed E-state index contributed by atoms with van der Waals surface area (Å²) in [6, 6.07) is 11.8. The molecule has 0 aliphatic carbocycles. The van der Waals surface area contributed by atoms with Gasteiger partial charge >= 0.3 is 0 Å². The molecule has 0 saturated carbocycles. The Morgan fingerprint density at radius 3 is 2.62 bits per heavy atom. The van der Waals surface area contributed by atoms with Gasteiger partial charge in [-0.15, -0.1) is 0 Å². The number of aromatic nitrogens is 3. The van der Waals surface area contributed by atoms with Gasteiger partial charge in [-0.1, -0.05) is 30.3 Å². The molecule has 3 aromatic rings. The van der Waals surface area contributed by atoms with Crippen LogP contribution in [0, 0.1) is 6.92 Å². The van der Waals surface area contributed by atoms with Crippen LogP contribution in [-0.4, -0.2) is 26.2 Å². The van der Waals surface area contributed by atoms with Gasteiger partial charge in [0.05, 0.1) is 5.56 Å². The second kappa shape index (κ2) is 7.93. The summed E-state index contributed by atoms with van der Waals surface area (Å²) in [4.78, 5) is 20.2. The van der Waals surface area contributed by atoms with Gasteiger partial charge in [-0.2, -0.15) is 4.98 Å². The normalized spacial score (nSPS) is 10.8. The van der Waals surface area contributed by atoms with Gasteiger partial charge < -0.3 is 9.84 Å². The van der Waals surface area contributed by atoms with Crippen molar-refractivity contribution >= 4 is 0 Å². The lowest BCUT2D eigenvalue weighted by Crippen LogP contribution is -2.18. The molecular weight excluding hydrogens is 330 g/mol.